The minimum absolute atomic E-state index is 1.05. The first-order valence-corrected chi connectivity index (χ1v) is 5.70. The summed E-state index contributed by atoms with van der Waals surface area (Å²) in [6.45, 7) is 2.08. The van der Waals surface area contributed by atoms with Gasteiger partial charge in [-0.1, -0.05) is 0 Å². The Bertz CT molecular complexity index is 391. The average molecular weight is 302 g/mol. The van der Waals surface area contributed by atoms with Gasteiger partial charge in [0.2, 0.25) is 0 Å². The third-order valence-electron chi connectivity index (χ3n) is 1.65. The Morgan fingerprint density at radius 1 is 1.46 bits per heavy atom. The van der Waals surface area contributed by atoms with Gasteiger partial charge in [0.1, 0.15) is 8.71 Å². The summed E-state index contributed by atoms with van der Waals surface area (Å²) < 4.78 is 1.08. The van der Waals surface area contributed by atoms with Gasteiger partial charge in [-0.3, -0.25) is 4.98 Å². The molecule has 0 saturated heterocycles. The monoisotopic (exact) mass is 302 g/mol. The van der Waals surface area contributed by atoms with Crippen LogP contribution in [0.25, 0.3) is 10.6 Å². The number of hydrogen-bond donors (Lipinski definition) is 0. The Morgan fingerprint density at radius 2 is 2.31 bits per heavy atom. The SMILES string of the molecule is Cc1sc(-c2cccnc2)nc1I. The van der Waals surface area contributed by atoms with Crippen molar-refractivity contribution in [3.05, 3.63) is 33.1 Å². The zero-order valence-corrected chi connectivity index (χ0v) is 9.96. The van der Waals surface area contributed by atoms with Gasteiger partial charge in [-0.2, -0.15) is 0 Å². The van der Waals surface area contributed by atoms with E-state index in [-0.39, 0.29) is 0 Å². The number of aromatic nitrogens is 2. The molecule has 0 fully saturated rings. The van der Waals surface area contributed by atoms with Gasteiger partial charge < -0.3 is 0 Å². The number of pyridine rings is 1. The lowest BCUT2D eigenvalue weighted by molar-refractivity contribution is 1.28. The van der Waals surface area contributed by atoms with Crippen LogP contribution in [-0.4, -0.2) is 9.97 Å². The van der Waals surface area contributed by atoms with E-state index in [1.54, 1.807) is 17.5 Å². The molecule has 0 aliphatic rings. The zero-order valence-electron chi connectivity index (χ0n) is 6.99. The molecule has 2 aromatic heterocycles. The molecule has 0 saturated carbocycles. The molecule has 0 radical (unpaired) electrons. The molecule has 4 heteroatoms. The van der Waals surface area contributed by atoms with Gasteiger partial charge in [0.25, 0.3) is 0 Å². The van der Waals surface area contributed by atoms with E-state index in [2.05, 4.69) is 39.5 Å². The molecule has 0 spiro atoms. The number of rotatable bonds is 1. The van der Waals surface area contributed by atoms with Gasteiger partial charge in [-0.05, 0) is 41.6 Å². The second-order valence-electron chi connectivity index (χ2n) is 2.61. The van der Waals surface area contributed by atoms with Crippen molar-refractivity contribution in [1.29, 1.82) is 0 Å². The lowest BCUT2D eigenvalue weighted by Crippen LogP contribution is -1.77. The number of thiazole rings is 1. The van der Waals surface area contributed by atoms with Crippen LogP contribution in [0.2, 0.25) is 0 Å². The maximum Gasteiger partial charge on any atom is 0.126 e. The molecule has 2 nitrogen and oxygen atoms in total. The Morgan fingerprint density at radius 3 is 2.85 bits per heavy atom. The van der Waals surface area contributed by atoms with Crippen molar-refractivity contribution in [1.82, 2.24) is 9.97 Å². The molecule has 0 unspecified atom stereocenters. The molecule has 13 heavy (non-hydrogen) atoms. The third-order valence-corrected chi connectivity index (χ3v) is 4.08. The Labute approximate surface area is 94.2 Å². The standard InChI is InChI=1S/C9H7IN2S/c1-6-8(10)12-9(13-6)7-3-2-4-11-5-7/h2-5H,1H3. The molecule has 66 valence electrons. The summed E-state index contributed by atoms with van der Waals surface area (Å²) in [5.74, 6) is 0. The number of nitrogens with zero attached hydrogens (tertiary/aromatic N) is 2. The summed E-state index contributed by atoms with van der Waals surface area (Å²) in [6, 6.07) is 3.96. The molecular weight excluding hydrogens is 295 g/mol. The lowest BCUT2D eigenvalue weighted by Gasteiger charge is -1.91. The molecule has 0 aliphatic carbocycles. The van der Waals surface area contributed by atoms with Gasteiger partial charge in [0.15, 0.2) is 0 Å². The second kappa shape index (κ2) is 3.71. The first kappa shape index (κ1) is 9.08. The van der Waals surface area contributed by atoms with Crippen molar-refractivity contribution in [2.24, 2.45) is 0 Å². The van der Waals surface area contributed by atoms with Crippen molar-refractivity contribution in [2.75, 3.05) is 0 Å². The highest BCUT2D eigenvalue weighted by atomic mass is 127. The van der Waals surface area contributed by atoms with Gasteiger partial charge in [0.05, 0.1) is 0 Å². The van der Waals surface area contributed by atoms with Gasteiger partial charge in [0, 0.05) is 22.8 Å². The van der Waals surface area contributed by atoms with Crippen molar-refractivity contribution >= 4 is 33.9 Å². The lowest BCUT2D eigenvalue weighted by atomic mass is 10.3. The third kappa shape index (κ3) is 1.88. The predicted molar refractivity (Wildman–Crippen MR) is 62.8 cm³/mol. The molecule has 0 amide bonds. The molecule has 2 heterocycles. The Hall–Kier alpha value is -0.490. The van der Waals surface area contributed by atoms with Crippen LogP contribution >= 0.6 is 33.9 Å². The Balaban J connectivity index is 2.48. The highest BCUT2D eigenvalue weighted by Gasteiger charge is 2.05. The fourth-order valence-electron chi connectivity index (χ4n) is 0.991. The number of aryl methyl sites for hydroxylation is 1. The molecule has 2 rings (SSSR count). The predicted octanol–water partition coefficient (Wildman–Crippen LogP) is 3.12. The zero-order chi connectivity index (χ0) is 9.26. The van der Waals surface area contributed by atoms with Crippen LogP contribution in [-0.2, 0) is 0 Å². The second-order valence-corrected chi connectivity index (χ2v) is 4.83. The summed E-state index contributed by atoms with van der Waals surface area (Å²) in [5.41, 5.74) is 1.10. The van der Waals surface area contributed by atoms with Crippen LogP contribution in [0.15, 0.2) is 24.5 Å². The van der Waals surface area contributed by atoms with Crippen LogP contribution in [0.1, 0.15) is 4.88 Å². The molecule has 0 bridgehead atoms. The summed E-state index contributed by atoms with van der Waals surface area (Å²) in [6.07, 6.45) is 3.61. The van der Waals surface area contributed by atoms with Crippen molar-refractivity contribution in [3.63, 3.8) is 0 Å². The van der Waals surface area contributed by atoms with Crippen LogP contribution in [0.5, 0.6) is 0 Å². The van der Waals surface area contributed by atoms with Crippen molar-refractivity contribution in [3.8, 4) is 10.6 Å². The van der Waals surface area contributed by atoms with E-state index in [4.69, 9.17) is 0 Å². The minimum atomic E-state index is 1.05. The van der Waals surface area contributed by atoms with Gasteiger partial charge in [-0.25, -0.2) is 4.98 Å². The van der Waals surface area contributed by atoms with E-state index in [9.17, 15) is 0 Å². The van der Waals surface area contributed by atoms with Gasteiger partial charge in [-0.15, -0.1) is 11.3 Å². The first-order valence-electron chi connectivity index (χ1n) is 3.80. The van der Waals surface area contributed by atoms with Crippen LogP contribution in [0, 0.1) is 10.6 Å². The van der Waals surface area contributed by atoms with Crippen LogP contribution in [0.4, 0.5) is 0 Å². The average Bonchev–Trinajstić information content (AvgIpc) is 2.49. The van der Waals surface area contributed by atoms with Crippen molar-refractivity contribution in [2.45, 2.75) is 6.92 Å². The van der Waals surface area contributed by atoms with E-state index >= 15 is 0 Å². The van der Waals surface area contributed by atoms with Gasteiger partial charge >= 0.3 is 0 Å². The maximum absolute atomic E-state index is 4.45. The van der Waals surface area contributed by atoms with E-state index in [0.29, 0.717) is 0 Å². The van der Waals surface area contributed by atoms with E-state index < -0.39 is 0 Å². The Kier molecular flexibility index (Phi) is 2.59. The van der Waals surface area contributed by atoms with E-state index in [0.717, 1.165) is 14.3 Å². The van der Waals surface area contributed by atoms with Crippen LogP contribution < -0.4 is 0 Å². The first-order chi connectivity index (χ1) is 6.27. The van der Waals surface area contributed by atoms with Crippen molar-refractivity contribution < 1.29 is 0 Å². The molecule has 0 atom stereocenters. The summed E-state index contributed by atoms with van der Waals surface area (Å²) in [7, 11) is 0. The molecular formula is C9H7IN2S. The summed E-state index contributed by atoms with van der Waals surface area (Å²) in [4.78, 5) is 9.77. The highest BCUT2D eigenvalue weighted by molar-refractivity contribution is 14.1. The topological polar surface area (TPSA) is 25.8 Å². The summed E-state index contributed by atoms with van der Waals surface area (Å²) in [5, 5.41) is 1.05. The van der Waals surface area contributed by atoms with E-state index in [1.807, 2.05) is 18.3 Å². The molecule has 0 aromatic carbocycles. The highest BCUT2D eigenvalue weighted by Crippen LogP contribution is 2.27. The molecule has 2 aromatic rings. The maximum atomic E-state index is 4.45. The van der Waals surface area contributed by atoms with Crippen LogP contribution in [0.3, 0.4) is 0 Å². The molecule has 0 N–H and O–H groups in total. The fraction of sp³-hybridized carbons (Fsp3) is 0.111. The normalized spacial score (nSPS) is 10.3. The minimum Gasteiger partial charge on any atom is -0.264 e. The quantitative estimate of drug-likeness (QED) is 0.756. The number of hydrogen-bond acceptors (Lipinski definition) is 3. The fourth-order valence-corrected chi connectivity index (χ4v) is 2.52. The summed E-state index contributed by atoms with van der Waals surface area (Å²) >= 11 is 3.96. The molecule has 0 aliphatic heterocycles. The largest absolute Gasteiger partial charge is 0.264 e. The van der Waals surface area contributed by atoms with E-state index in [1.165, 1.54) is 4.88 Å². The smallest absolute Gasteiger partial charge is 0.126 e. The number of halogens is 1.